The first-order valence-electron chi connectivity index (χ1n) is 8.45. The van der Waals surface area contributed by atoms with E-state index in [2.05, 4.69) is 26.2 Å². The second-order valence-electron chi connectivity index (χ2n) is 6.42. The fraction of sp³-hybridized carbons (Fsp3) is 0.278. The van der Waals surface area contributed by atoms with Gasteiger partial charge in [-0.3, -0.25) is 9.59 Å². The summed E-state index contributed by atoms with van der Waals surface area (Å²) in [6.07, 6.45) is 2.89. The third-order valence-corrected chi connectivity index (χ3v) is 4.05. The summed E-state index contributed by atoms with van der Waals surface area (Å²) >= 11 is 0. The standard InChI is InChI=1S/C18H20N6O3/c1-11(2)16(21-17(25)15-5-4-8-27-15)18(26)20-13-7-6-12(3)14(9-13)24-10-19-22-23-24/h4-11,16H,1-3H3,(H,20,26)(H,21,25). The van der Waals surface area contributed by atoms with Gasteiger partial charge in [-0.05, 0) is 53.1 Å². The van der Waals surface area contributed by atoms with E-state index in [9.17, 15) is 9.59 Å². The van der Waals surface area contributed by atoms with Gasteiger partial charge < -0.3 is 15.1 Å². The number of amides is 2. The Balaban J connectivity index is 1.76. The molecule has 3 rings (SSSR count). The second-order valence-corrected chi connectivity index (χ2v) is 6.42. The number of nitrogens with zero attached hydrogens (tertiary/aromatic N) is 4. The molecule has 0 aliphatic carbocycles. The molecule has 0 bridgehead atoms. The third kappa shape index (κ3) is 4.20. The van der Waals surface area contributed by atoms with E-state index in [4.69, 9.17) is 4.42 Å². The average molecular weight is 368 g/mol. The molecule has 9 heteroatoms. The maximum Gasteiger partial charge on any atom is 0.287 e. The van der Waals surface area contributed by atoms with Crippen molar-refractivity contribution in [2.75, 3.05) is 5.32 Å². The van der Waals surface area contributed by atoms with Crippen molar-refractivity contribution in [2.45, 2.75) is 26.8 Å². The van der Waals surface area contributed by atoms with E-state index in [0.717, 1.165) is 11.3 Å². The number of rotatable bonds is 6. The number of hydrogen-bond acceptors (Lipinski definition) is 6. The smallest absolute Gasteiger partial charge is 0.287 e. The van der Waals surface area contributed by atoms with Crippen molar-refractivity contribution in [3.8, 4) is 5.69 Å². The minimum atomic E-state index is -0.722. The zero-order valence-electron chi connectivity index (χ0n) is 15.2. The van der Waals surface area contributed by atoms with Crippen molar-refractivity contribution in [1.82, 2.24) is 25.5 Å². The van der Waals surface area contributed by atoms with Gasteiger partial charge >= 0.3 is 0 Å². The molecule has 0 fully saturated rings. The molecule has 2 aromatic heterocycles. The molecule has 2 heterocycles. The second kappa shape index (κ2) is 7.81. The Labute approximate surface area is 155 Å². The molecule has 0 radical (unpaired) electrons. The third-order valence-electron chi connectivity index (χ3n) is 4.05. The molecular formula is C18H20N6O3. The van der Waals surface area contributed by atoms with Crippen LogP contribution in [0.3, 0.4) is 0 Å². The summed E-state index contributed by atoms with van der Waals surface area (Å²) in [6.45, 7) is 5.63. The Bertz CT molecular complexity index is 919. The molecule has 0 aliphatic rings. The number of nitrogens with one attached hydrogen (secondary N) is 2. The van der Waals surface area contributed by atoms with Gasteiger partial charge in [0.2, 0.25) is 5.91 Å². The van der Waals surface area contributed by atoms with Crippen LogP contribution in [-0.2, 0) is 4.79 Å². The molecule has 9 nitrogen and oxygen atoms in total. The number of hydrogen-bond donors (Lipinski definition) is 2. The van der Waals surface area contributed by atoms with Crippen LogP contribution in [0.4, 0.5) is 5.69 Å². The van der Waals surface area contributed by atoms with E-state index in [-0.39, 0.29) is 17.6 Å². The van der Waals surface area contributed by atoms with Crippen molar-refractivity contribution < 1.29 is 14.0 Å². The van der Waals surface area contributed by atoms with Crippen LogP contribution in [-0.4, -0.2) is 38.1 Å². The molecule has 0 saturated heterocycles. The van der Waals surface area contributed by atoms with Crippen LogP contribution in [0.5, 0.6) is 0 Å². The summed E-state index contributed by atoms with van der Waals surface area (Å²) in [6, 6.07) is 7.86. The van der Waals surface area contributed by atoms with E-state index in [0.29, 0.717) is 5.69 Å². The molecule has 2 N–H and O–H groups in total. The van der Waals surface area contributed by atoms with Crippen molar-refractivity contribution in [3.05, 3.63) is 54.2 Å². The van der Waals surface area contributed by atoms with Crippen LogP contribution in [0.25, 0.3) is 5.69 Å². The van der Waals surface area contributed by atoms with Crippen LogP contribution in [0.1, 0.15) is 30.0 Å². The van der Waals surface area contributed by atoms with Gasteiger partial charge in [-0.25, -0.2) is 4.68 Å². The molecular weight excluding hydrogens is 348 g/mol. The Morgan fingerprint density at radius 3 is 2.67 bits per heavy atom. The Morgan fingerprint density at radius 2 is 2.04 bits per heavy atom. The van der Waals surface area contributed by atoms with E-state index in [1.54, 1.807) is 24.3 Å². The predicted octanol–water partition coefficient (Wildman–Crippen LogP) is 1.96. The molecule has 0 saturated carbocycles. The summed E-state index contributed by atoms with van der Waals surface area (Å²) < 4.78 is 6.60. The number of tetrazole rings is 1. The van der Waals surface area contributed by atoms with Gasteiger partial charge in [0.15, 0.2) is 5.76 Å². The van der Waals surface area contributed by atoms with Gasteiger partial charge in [0.05, 0.1) is 12.0 Å². The SMILES string of the molecule is Cc1ccc(NC(=O)C(NC(=O)c2ccco2)C(C)C)cc1-n1cnnn1. The van der Waals surface area contributed by atoms with E-state index < -0.39 is 11.9 Å². The topological polar surface area (TPSA) is 115 Å². The molecule has 1 unspecified atom stereocenters. The predicted molar refractivity (Wildman–Crippen MR) is 97.3 cm³/mol. The highest BCUT2D eigenvalue weighted by Gasteiger charge is 2.25. The lowest BCUT2D eigenvalue weighted by Gasteiger charge is -2.21. The summed E-state index contributed by atoms with van der Waals surface area (Å²) in [5, 5.41) is 16.7. The lowest BCUT2D eigenvalue weighted by atomic mass is 10.0. The molecule has 0 aliphatic heterocycles. The normalized spacial score (nSPS) is 12.0. The molecule has 27 heavy (non-hydrogen) atoms. The summed E-state index contributed by atoms with van der Waals surface area (Å²) in [7, 11) is 0. The highest BCUT2D eigenvalue weighted by Crippen LogP contribution is 2.19. The molecule has 2 amide bonds. The number of aryl methyl sites for hydroxylation is 1. The number of anilines is 1. The van der Waals surface area contributed by atoms with E-state index in [1.807, 2.05) is 26.8 Å². The lowest BCUT2D eigenvalue weighted by molar-refractivity contribution is -0.118. The first-order valence-corrected chi connectivity index (χ1v) is 8.45. The number of furan rings is 1. The van der Waals surface area contributed by atoms with Gasteiger partial charge in [-0.2, -0.15) is 0 Å². The van der Waals surface area contributed by atoms with E-state index >= 15 is 0 Å². The number of aromatic nitrogens is 4. The number of benzene rings is 1. The highest BCUT2D eigenvalue weighted by atomic mass is 16.3. The fourth-order valence-electron chi connectivity index (χ4n) is 2.58. The summed E-state index contributed by atoms with van der Waals surface area (Å²) in [5.74, 6) is -0.721. The lowest BCUT2D eigenvalue weighted by Crippen LogP contribution is -2.47. The van der Waals surface area contributed by atoms with Gasteiger partial charge in [0.25, 0.3) is 5.91 Å². The Hall–Kier alpha value is -3.49. The van der Waals surface area contributed by atoms with Crippen LogP contribution < -0.4 is 10.6 Å². The molecule has 0 spiro atoms. The Kier molecular flexibility index (Phi) is 5.30. The monoisotopic (exact) mass is 368 g/mol. The maximum absolute atomic E-state index is 12.7. The van der Waals surface area contributed by atoms with Crippen molar-refractivity contribution >= 4 is 17.5 Å². The van der Waals surface area contributed by atoms with Gasteiger partial charge in [0.1, 0.15) is 12.4 Å². The van der Waals surface area contributed by atoms with Crippen molar-refractivity contribution in [2.24, 2.45) is 5.92 Å². The number of carbonyl (C=O) groups is 2. The van der Waals surface area contributed by atoms with Crippen LogP contribution >= 0.6 is 0 Å². The van der Waals surface area contributed by atoms with Crippen LogP contribution in [0.15, 0.2) is 47.3 Å². The Morgan fingerprint density at radius 1 is 1.22 bits per heavy atom. The van der Waals surface area contributed by atoms with Crippen molar-refractivity contribution in [3.63, 3.8) is 0 Å². The fourth-order valence-corrected chi connectivity index (χ4v) is 2.58. The first kappa shape index (κ1) is 18.3. The van der Waals surface area contributed by atoms with Gasteiger partial charge in [0, 0.05) is 5.69 Å². The molecule has 140 valence electrons. The quantitative estimate of drug-likeness (QED) is 0.687. The highest BCUT2D eigenvalue weighted by molar-refractivity contribution is 6.00. The molecule has 3 aromatic rings. The maximum atomic E-state index is 12.7. The minimum Gasteiger partial charge on any atom is -0.459 e. The molecule has 1 atom stereocenters. The minimum absolute atomic E-state index is 0.117. The summed E-state index contributed by atoms with van der Waals surface area (Å²) in [4.78, 5) is 25.0. The van der Waals surface area contributed by atoms with Gasteiger partial charge in [-0.15, -0.1) is 5.10 Å². The van der Waals surface area contributed by atoms with E-state index in [1.165, 1.54) is 17.3 Å². The molecule has 1 aromatic carbocycles. The van der Waals surface area contributed by atoms with Crippen LogP contribution in [0.2, 0.25) is 0 Å². The number of carbonyl (C=O) groups excluding carboxylic acids is 2. The zero-order valence-corrected chi connectivity index (χ0v) is 15.2. The average Bonchev–Trinajstić information content (AvgIpc) is 3.34. The first-order chi connectivity index (χ1) is 13.0. The van der Waals surface area contributed by atoms with Gasteiger partial charge in [-0.1, -0.05) is 19.9 Å². The van der Waals surface area contributed by atoms with Crippen LogP contribution in [0, 0.1) is 12.8 Å². The summed E-state index contributed by atoms with van der Waals surface area (Å²) in [5.41, 5.74) is 2.28. The zero-order chi connectivity index (χ0) is 19.4. The van der Waals surface area contributed by atoms with Crippen molar-refractivity contribution in [1.29, 1.82) is 0 Å². The largest absolute Gasteiger partial charge is 0.459 e.